The summed E-state index contributed by atoms with van der Waals surface area (Å²) in [4.78, 5) is 2.73. The van der Waals surface area contributed by atoms with Gasteiger partial charge in [0.25, 0.3) is 0 Å². The van der Waals surface area contributed by atoms with Crippen molar-refractivity contribution in [1.29, 1.82) is 5.39 Å². The SMILES string of the molecule is F[B-](F)(F)F.N#[N+]c1cccc(Br)c1F. The molecule has 0 unspecified atom stereocenters. The Morgan fingerprint density at radius 2 is 1.67 bits per heavy atom. The van der Waals surface area contributed by atoms with Gasteiger partial charge in [0.2, 0.25) is 11.2 Å². The standard InChI is InChI=1S/C6H3BrFN2.BF4/c7-4-2-1-3-5(10-9)6(4)8;2-1(3,4)5/h1-3H;/q+1;-1. The summed E-state index contributed by atoms with van der Waals surface area (Å²) in [6, 6.07) is 4.49. The van der Waals surface area contributed by atoms with Gasteiger partial charge in [0, 0.05) is 6.07 Å². The van der Waals surface area contributed by atoms with Gasteiger partial charge in [-0.2, -0.15) is 4.39 Å². The smallest absolute Gasteiger partial charge is 0.418 e. The largest absolute Gasteiger partial charge is 0.673 e. The van der Waals surface area contributed by atoms with Gasteiger partial charge in [-0.15, -0.1) is 0 Å². The van der Waals surface area contributed by atoms with Gasteiger partial charge in [-0.25, -0.2) is 0 Å². The second-order valence-electron chi connectivity index (χ2n) is 2.17. The van der Waals surface area contributed by atoms with Gasteiger partial charge in [0.05, 0.1) is 4.47 Å². The van der Waals surface area contributed by atoms with Crippen molar-refractivity contribution in [3.05, 3.63) is 33.5 Å². The average molecular weight is 289 g/mol. The van der Waals surface area contributed by atoms with Gasteiger partial charge in [-0.3, -0.25) is 0 Å². The predicted molar refractivity (Wildman–Crippen MR) is 49.0 cm³/mol. The molecule has 15 heavy (non-hydrogen) atoms. The van der Waals surface area contributed by atoms with Gasteiger partial charge in [-0.1, -0.05) is 6.07 Å². The highest BCUT2D eigenvalue weighted by Crippen LogP contribution is 2.24. The predicted octanol–water partition coefficient (Wildman–Crippen LogP) is 4.37. The Bertz CT molecular complexity index is 369. The summed E-state index contributed by atoms with van der Waals surface area (Å²) in [7, 11) is -6.00. The van der Waals surface area contributed by atoms with E-state index >= 15 is 0 Å². The molecule has 1 aromatic rings. The van der Waals surface area contributed by atoms with Crippen molar-refractivity contribution in [1.82, 2.24) is 0 Å². The lowest BCUT2D eigenvalue weighted by Crippen LogP contribution is -2.02. The van der Waals surface area contributed by atoms with Crippen molar-refractivity contribution in [2.24, 2.45) is 0 Å². The number of hydrogen-bond acceptors (Lipinski definition) is 1. The molecule has 0 N–H and O–H groups in total. The van der Waals surface area contributed by atoms with Crippen LogP contribution < -0.4 is 0 Å². The molecule has 0 saturated heterocycles. The maximum Gasteiger partial charge on any atom is 0.673 e. The Balaban J connectivity index is 0.000000336. The number of benzene rings is 1. The molecule has 0 atom stereocenters. The normalized spacial score (nSPS) is 9.93. The molecule has 0 heterocycles. The maximum absolute atomic E-state index is 12.7. The van der Waals surface area contributed by atoms with E-state index in [1.807, 2.05) is 0 Å². The first kappa shape index (κ1) is 13.8. The molecule has 1 aromatic carbocycles. The Kier molecular flexibility index (Phi) is 5.21. The summed E-state index contributed by atoms with van der Waals surface area (Å²) >= 11 is 2.94. The molecule has 0 saturated carbocycles. The first-order valence-corrected chi connectivity index (χ1v) is 4.21. The molecule has 0 fully saturated rings. The second-order valence-corrected chi connectivity index (χ2v) is 3.02. The first-order chi connectivity index (χ1) is 6.75. The van der Waals surface area contributed by atoms with E-state index in [-0.39, 0.29) is 5.69 Å². The Morgan fingerprint density at radius 3 is 2.00 bits per heavy atom. The van der Waals surface area contributed by atoms with E-state index in [9.17, 15) is 21.7 Å². The van der Waals surface area contributed by atoms with Gasteiger partial charge in [0.1, 0.15) is 0 Å². The lowest BCUT2D eigenvalue weighted by Gasteiger charge is -1.94. The molecular weight excluding hydrogens is 286 g/mol. The van der Waals surface area contributed by atoms with Crippen LogP contribution in [0.1, 0.15) is 0 Å². The van der Waals surface area contributed by atoms with Crippen molar-refractivity contribution in [2.45, 2.75) is 0 Å². The zero-order chi connectivity index (χ0) is 12.1. The van der Waals surface area contributed by atoms with Gasteiger partial charge in [0.15, 0.2) is 4.98 Å². The van der Waals surface area contributed by atoms with Crippen LogP contribution in [0.5, 0.6) is 0 Å². The van der Waals surface area contributed by atoms with Crippen molar-refractivity contribution in [3.8, 4) is 0 Å². The minimum absolute atomic E-state index is 0.0608. The Labute approximate surface area is 89.9 Å². The summed E-state index contributed by atoms with van der Waals surface area (Å²) in [5, 5.41) is 8.21. The third-order valence-corrected chi connectivity index (χ3v) is 1.65. The van der Waals surface area contributed by atoms with Crippen LogP contribution in [-0.2, 0) is 0 Å². The van der Waals surface area contributed by atoms with Crippen LogP contribution in [0.2, 0.25) is 0 Å². The number of nitrogens with zero attached hydrogens (tertiary/aromatic N) is 2. The van der Waals surface area contributed by atoms with E-state index in [0.29, 0.717) is 4.47 Å². The zero-order valence-electron chi connectivity index (χ0n) is 6.97. The number of hydrogen-bond donors (Lipinski definition) is 0. The van der Waals surface area contributed by atoms with Crippen molar-refractivity contribution < 1.29 is 21.7 Å². The van der Waals surface area contributed by atoms with E-state index < -0.39 is 13.1 Å². The van der Waals surface area contributed by atoms with E-state index in [1.54, 1.807) is 6.07 Å². The van der Waals surface area contributed by atoms with Gasteiger partial charge in [-0.05, 0) is 22.0 Å². The number of halogens is 6. The lowest BCUT2D eigenvalue weighted by atomic mass is 10.3. The zero-order valence-corrected chi connectivity index (χ0v) is 8.56. The van der Waals surface area contributed by atoms with Crippen LogP contribution in [0.4, 0.5) is 27.3 Å². The van der Waals surface area contributed by atoms with Crippen LogP contribution in [0.15, 0.2) is 22.7 Å². The molecule has 0 aliphatic carbocycles. The first-order valence-electron chi connectivity index (χ1n) is 3.42. The minimum Gasteiger partial charge on any atom is -0.418 e. The Hall–Kier alpha value is -1.17. The molecule has 2 nitrogen and oxygen atoms in total. The molecule has 0 aromatic heterocycles. The number of diazo groups is 1. The summed E-state index contributed by atoms with van der Waals surface area (Å²) in [6.07, 6.45) is 0. The van der Waals surface area contributed by atoms with E-state index in [1.165, 1.54) is 12.1 Å². The topological polar surface area (TPSA) is 28.1 Å². The molecule has 9 heteroatoms. The van der Waals surface area contributed by atoms with Crippen LogP contribution in [0.25, 0.3) is 4.98 Å². The monoisotopic (exact) mass is 288 g/mol. The molecular formula is C6H3BBrF5N2. The molecule has 0 radical (unpaired) electrons. The molecule has 0 aliphatic rings. The molecule has 0 spiro atoms. The van der Waals surface area contributed by atoms with E-state index in [2.05, 4.69) is 20.9 Å². The Morgan fingerprint density at radius 1 is 1.20 bits per heavy atom. The fourth-order valence-electron chi connectivity index (χ4n) is 0.570. The summed E-state index contributed by atoms with van der Waals surface area (Å²) in [6.45, 7) is 0. The highest BCUT2D eigenvalue weighted by atomic mass is 79.9. The molecule has 0 bridgehead atoms. The van der Waals surface area contributed by atoms with Gasteiger partial charge < -0.3 is 17.3 Å². The van der Waals surface area contributed by atoms with Gasteiger partial charge >= 0.3 is 12.9 Å². The number of rotatable bonds is 0. The van der Waals surface area contributed by atoms with Crippen LogP contribution in [0, 0.1) is 11.2 Å². The summed E-state index contributed by atoms with van der Waals surface area (Å²) in [5.41, 5.74) is -0.0608. The third-order valence-electron chi connectivity index (χ3n) is 1.04. The molecule has 82 valence electrons. The highest BCUT2D eigenvalue weighted by molar-refractivity contribution is 9.10. The average Bonchev–Trinajstić information content (AvgIpc) is 2.07. The quantitative estimate of drug-likeness (QED) is 0.396. The van der Waals surface area contributed by atoms with E-state index in [4.69, 9.17) is 5.39 Å². The molecule has 0 aliphatic heterocycles. The molecule has 1 rings (SSSR count). The summed E-state index contributed by atoms with van der Waals surface area (Å²) in [5.74, 6) is -0.551. The van der Waals surface area contributed by atoms with Crippen molar-refractivity contribution in [3.63, 3.8) is 0 Å². The van der Waals surface area contributed by atoms with E-state index in [0.717, 1.165) is 0 Å². The maximum atomic E-state index is 12.7. The van der Waals surface area contributed by atoms with Crippen LogP contribution in [0.3, 0.4) is 0 Å². The van der Waals surface area contributed by atoms with Crippen LogP contribution >= 0.6 is 15.9 Å². The molecule has 0 amide bonds. The summed E-state index contributed by atoms with van der Waals surface area (Å²) < 4.78 is 52.0. The fraction of sp³-hybridized carbons (Fsp3) is 0. The van der Waals surface area contributed by atoms with Crippen LogP contribution in [-0.4, -0.2) is 7.25 Å². The highest BCUT2D eigenvalue weighted by Gasteiger charge is 2.20. The second kappa shape index (κ2) is 5.65. The third kappa shape index (κ3) is 6.85. The van der Waals surface area contributed by atoms with Crippen molar-refractivity contribution >= 4 is 28.9 Å². The minimum atomic E-state index is -6.00. The lowest BCUT2D eigenvalue weighted by molar-refractivity contribution is 0.368. The fourth-order valence-corrected chi connectivity index (χ4v) is 0.925. The van der Waals surface area contributed by atoms with Crippen molar-refractivity contribution in [2.75, 3.05) is 0 Å².